The third-order valence-electron chi connectivity index (χ3n) is 15.6. The van der Waals surface area contributed by atoms with Crippen molar-refractivity contribution in [3.63, 3.8) is 0 Å². The van der Waals surface area contributed by atoms with Crippen LogP contribution in [0.4, 0.5) is 4.79 Å². The second kappa shape index (κ2) is 31.3. The lowest BCUT2D eigenvalue weighted by atomic mass is 9.64. The van der Waals surface area contributed by atoms with Crippen LogP contribution in [0.15, 0.2) is 42.0 Å². The van der Waals surface area contributed by atoms with Gasteiger partial charge in [0.25, 0.3) is 0 Å². The standard InChI is InChI=1S/C59H97N7O14/c1-37(2)19-20-46-58(12,80-46)50-49(75-13)45(21-22-59(50)36-78-59)79-55(74)61-24-26-77-28-27-76-25-23-60-47(68)33-62-51(70)43(29-38(3)4)66-52(71)44(30-42-17-15-14-16-18-42)65-48(69)34-64-54(73)57(11,40(7)8)35-56(10,31-39(5)6)53(72)63-32-41(9)67/h14-19,38-41,43-46,49-50,67H,20-36H2,1-13H3,(H,60,68)(H,61,74)(H,62,70)(H,63,72)(H,64,73)(H,65,69)(H,66,71)/t41?,43-,44-,45?,46-,49?,50?,56?,57?,58+,59+/m1/s1. The summed E-state index contributed by atoms with van der Waals surface area (Å²) in [7, 11) is 1.63. The van der Waals surface area contributed by atoms with E-state index in [1.54, 1.807) is 45.2 Å². The molecule has 1 saturated carbocycles. The molecule has 1 aromatic carbocycles. The van der Waals surface area contributed by atoms with Gasteiger partial charge < -0.3 is 70.7 Å². The minimum atomic E-state index is -1.14. The zero-order chi connectivity index (χ0) is 59.4. The molecule has 0 bridgehead atoms. The molecule has 6 unspecified atom stereocenters. The molecule has 11 atom stereocenters. The Morgan fingerprint density at radius 3 is 2.00 bits per heavy atom. The van der Waals surface area contributed by atoms with E-state index in [9.17, 15) is 38.7 Å². The fraction of sp³-hybridized carbons (Fsp3) is 0.746. The third-order valence-corrected chi connectivity index (χ3v) is 15.6. The van der Waals surface area contributed by atoms with E-state index in [1.807, 2.05) is 54.5 Å². The van der Waals surface area contributed by atoms with Gasteiger partial charge in [-0.1, -0.05) is 97.4 Å². The van der Waals surface area contributed by atoms with Crippen LogP contribution in [-0.4, -0.2) is 167 Å². The summed E-state index contributed by atoms with van der Waals surface area (Å²) >= 11 is 0. The molecule has 7 amide bonds. The molecule has 1 spiro atoms. The van der Waals surface area contributed by atoms with Crippen molar-refractivity contribution in [3.05, 3.63) is 47.5 Å². The predicted molar refractivity (Wildman–Crippen MR) is 302 cm³/mol. The van der Waals surface area contributed by atoms with Crippen LogP contribution in [0.2, 0.25) is 0 Å². The van der Waals surface area contributed by atoms with E-state index in [4.69, 9.17) is 28.4 Å². The minimum Gasteiger partial charge on any atom is -0.443 e. The van der Waals surface area contributed by atoms with Crippen LogP contribution in [0.1, 0.15) is 127 Å². The fourth-order valence-corrected chi connectivity index (χ4v) is 11.0. The molecule has 3 aliphatic rings. The number of hydrogen-bond donors (Lipinski definition) is 8. The van der Waals surface area contributed by atoms with Crippen LogP contribution in [0.3, 0.4) is 0 Å². The first kappa shape index (κ1) is 67.3. The van der Waals surface area contributed by atoms with Crippen molar-refractivity contribution in [1.29, 1.82) is 0 Å². The maximum Gasteiger partial charge on any atom is 0.407 e. The van der Waals surface area contributed by atoms with E-state index in [2.05, 4.69) is 64.1 Å². The van der Waals surface area contributed by atoms with Crippen molar-refractivity contribution < 1.29 is 67.1 Å². The van der Waals surface area contributed by atoms with E-state index in [1.165, 1.54) is 5.57 Å². The molecule has 0 aromatic heterocycles. The highest BCUT2D eigenvalue weighted by Crippen LogP contribution is 2.59. The van der Waals surface area contributed by atoms with E-state index in [0.717, 1.165) is 18.4 Å². The Morgan fingerprint density at radius 1 is 0.787 bits per heavy atom. The molecule has 2 heterocycles. The van der Waals surface area contributed by atoms with Gasteiger partial charge in [0.05, 0.1) is 64.2 Å². The van der Waals surface area contributed by atoms with E-state index >= 15 is 0 Å². The molecule has 3 fully saturated rings. The molecule has 0 radical (unpaired) electrons. The number of methoxy groups -OCH3 is 1. The van der Waals surface area contributed by atoms with Gasteiger partial charge in [0.2, 0.25) is 35.4 Å². The van der Waals surface area contributed by atoms with Crippen LogP contribution in [0, 0.1) is 34.5 Å². The molecule has 8 N–H and O–H groups in total. The average Bonchev–Trinajstić information content (AvgIpc) is 3.94. The second-order valence-electron chi connectivity index (χ2n) is 24.2. The summed E-state index contributed by atoms with van der Waals surface area (Å²) in [5.41, 5.74) is -0.834. The molecule has 1 aromatic rings. The highest BCUT2D eigenvalue weighted by atomic mass is 16.6. The maximum absolute atomic E-state index is 14.0. The van der Waals surface area contributed by atoms with Gasteiger partial charge in [-0.3, -0.25) is 28.8 Å². The average molecular weight is 1130 g/mol. The first-order valence-electron chi connectivity index (χ1n) is 28.7. The zero-order valence-corrected chi connectivity index (χ0v) is 50.0. The van der Waals surface area contributed by atoms with E-state index in [-0.39, 0.29) is 119 Å². The van der Waals surface area contributed by atoms with Crippen molar-refractivity contribution in [2.24, 2.45) is 34.5 Å². The molecular formula is C59H97N7O14. The number of carbonyl (C=O) groups excluding carboxylic acids is 7. The number of nitrogens with one attached hydrogen (secondary N) is 7. The summed E-state index contributed by atoms with van der Waals surface area (Å²) < 4.78 is 35.3. The van der Waals surface area contributed by atoms with Crippen LogP contribution in [0.5, 0.6) is 0 Å². The topological polar surface area (TPSA) is 286 Å². The van der Waals surface area contributed by atoms with Crippen molar-refractivity contribution in [2.75, 3.05) is 72.9 Å². The zero-order valence-electron chi connectivity index (χ0n) is 50.0. The number of carbonyl (C=O) groups is 7. The number of aliphatic hydroxyl groups excluding tert-OH is 1. The van der Waals surface area contributed by atoms with Crippen molar-refractivity contribution in [1.82, 2.24) is 37.2 Å². The van der Waals surface area contributed by atoms with Crippen molar-refractivity contribution in [3.8, 4) is 0 Å². The molecule has 21 nitrogen and oxygen atoms in total. The molecular weight excluding hydrogens is 1030 g/mol. The number of allylic oxidation sites excluding steroid dienone is 1. The minimum absolute atomic E-state index is 0.0405. The summed E-state index contributed by atoms with van der Waals surface area (Å²) in [4.78, 5) is 94.4. The third kappa shape index (κ3) is 20.7. The number of alkyl carbamates (subject to hydrolysis) is 1. The number of rotatable bonds is 35. The maximum atomic E-state index is 14.0. The summed E-state index contributed by atoms with van der Waals surface area (Å²) in [6.45, 7) is 24.1. The van der Waals surface area contributed by atoms with Gasteiger partial charge >= 0.3 is 6.09 Å². The Morgan fingerprint density at radius 2 is 1.43 bits per heavy atom. The SMILES string of the molecule is COC1C(OC(=O)NCCOCCOCCNC(=O)CNC(=O)[C@@H](CC(C)C)NC(=O)[C@@H](Cc2ccccc2)NC(=O)CNC(=O)C(C)(CC(C)(CC(C)C)C(=O)NCC(C)O)C(C)C)CC[C@]2(CO2)C1[C@@]1(C)O[C@@H]1CC=C(C)C. The Labute approximate surface area is 475 Å². The smallest absolute Gasteiger partial charge is 0.407 e. The van der Waals surface area contributed by atoms with Gasteiger partial charge in [0.15, 0.2) is 0 Å². The Balaban J connectivity index is 1.18. The summed E-state index contributed by atoms with van der Waals surface area (Å²) in [5, 5.41) is 29.0. The van der Waals surface area contributed by atoms with E-state index < -0.39 is 82.9 Å². The molecule has 2 aliphatic heterocycles. The molecule has 80 heavy (non-hydrogen) atoms. The lowest BCUT2D eigenvalue weighted by Crippen LogP contribution is -2.56. The lowest BCUT2D eigenvalue weighted by molar-refractivity contribution is -0.142. The van der Waals surface area contributed by atoms with Crippen LogP contribution in [0.25, 0.3) is 0 Å². The lowest BCUT2D eigenvalue weighted by Gasteiger charge is -2.42. The Kier molecular flexibility index (Phi) is 26.3. The fourth-order valence-electron chi connectivity index (χ4n) is 11.0. The van der Waals surface area contributed by atoms with Gasteiger partial charge in [-0.25, -0.2) is 4.79 Å². The van der Waals surface area contributed by atoms with Crippen LogP contribution < -0.4 is 37.2 Å². The van der Waals surface area contributed by atoms with Gasteiger partial charge in [-0.05, 0) is 89.5 Å². The molecule has 1 aliphatic carbocycles. The largest absolute Gasteiger partial charge is 0.443 e. The summed E-state index contributed by atoms with van der Waals surface area (Å²) in [5.74, 6) is -3.26. The summed E-state index contributed by atoms with van der Waals surface area (Å²) in [6, 6.07) is 6.85. The highest BCUT2D eigenvalue weighted by molar-refractivity contribution is 5.95. The predicted octanol–water partition coefficient (Wildman–Crippen LogP) is 4.03. The summed E-state index contributed by atoms with van der Waals surface area (Å²) in [6.07, 6.45) is 3.21. The van der Waals surface area contributed by atoms with Crippen LogP contribution >= 0.6 is 0 Å². The van der Waals surface area contributed by atoms with Crippen molar-refractivity contribution in [2.45, 2.75) is 176 Å². The van der Waals surface area contributed by atoms with Gasteiger partial charge in [-0.15, -0.1) is 0 Å². The normalized spacial score (nSPS) is 23.8. The van der Waals surface area contributed by atoms with E-state index in [0.29, 0.717) is 19.4 Å². The van der Waals surface area contributed by atoms with Crippen LogP contribution in [-0.2, 0) is 63.6 Å². The van der Waals surface area contributed by atoms with Gasteiger partial charge in [0, 0.05) is 44.0 Å². The number of hydrogen-bond acceptors (Lipinski definition) is 14. The number of epoxide rings is 2. The molecule has 21 heteroatoms. The molecule has 452 valence electrons. The highest BCUT2D eigenvalue weighted by Gasteiger charge is 2.72. The first-order valence-corrected chi connectivity index (χ1v) is 28.7. The Hall–Kier alpha value is -5.19. The number of ether oxygens (including phenoxy) is 6. The second-order valence-corrected chi connectivity index (χ2v) is 24.2. The van der Waals surface area contributed by atoms with Gasteiger partial charge in [0.1, 0.15) is 35.5 Å². The quantitative estimate of drug-likeness (QED) is 0.0271. The monoisotopic (exact) mass is 1130 g/mol. The Bertz CT molecular complexity index is 2220. The number of aliphatic hydroxyl groups is 1. The van der Waals surface area contributed by atoms with Gasteiger partial charge in [-0.2, -0.15) is 0 Å². The molecule has 4 rings (SSSR count). The number of benzene rings is 1. The molecule has 2 saturated heterocycles. The first-order chi connectivity index (χ1) is 37.7. The van der Waals surface area contributed by atoms with Crippen molar-refractivity contribution >= 4 is 41.5 Å². The number of amides is 7.